The van der Waals surface area contributed by atoms with Crippen LogP contribution in [-0.2, 0) is 4.74 Å². The third kappa shape index (κ3) is 5.81. The highest BCUT2D eigenvalue weighted by molar-refractivity contribution is 6.00. The van der Waals surface area contributed by atoms with Gasteiger partial charge in [-0.15, -0.1) is 0 Å². The highest BCUT2D eigenvalue weighted by Gasteiger charge is 2.17. The molecule has 1 aromatic rings. The number of nitrogens with zero attached hydrogens (tertiary/aromatic N) is 1. The summed E-state index contributed by atoms with van der Waals surface area (Å²) >= 11 is 0. The zero-order valence-corrected chi connectivity index (χ0v) is 13.2. The first-order chi connectivity index (χ1) is 9.97. The third-order valence-electron chi connectivity index (χ3n) is 3.06. The second-order valence-corrected chi connectivity index (χ2v) is 5.39. The number of hydrogen-bond donors (Lipinski definition) is 0. The molecule has 0 spiro atoms. The Morgan fingerprint density at radius 1 is 1.33 bits per heavy atom. The molecule has 4 nitrogen and oxygen atoms in total. The first-order valence-corrected chi connectivity index (χ1v) is 7.06. The molecule has 0 unspecified atom stereocenters. The molecule has 5 heteroatoms. The van der Waals surface area contributed by atoms with Crippen LogP contribution in [0.4, 0.5) is 4.39 Å². The quantitative estimate of drug-likeness (QED) is 0.657. The van der Waals surface area contributed by atoms with Crippen molar-refractivity contribution in [1.29, 1.82) is 0 Å². The lowest BCUT2D eigenvalue weighted by Crippen LogP contribution is -2.35. The van der Waals surface area contributed by atoms with Gasteiger partial charge in [-0.05, 0) is 24.1 Å². The van der Waals surface area contributed by atoms with Crippen molar-refractivity contribution in [1.82, 2.24) is 4.90 Å². The van der Waals surface area contributed by atoms with Crippen molar-refractivity contribution in [3.8, 4) is 5.75 Å². The van der Waals surface area contributed by atoms with Crippen molar-refractivity contribution >= 4 is 5.78 Å². The second kappa shape index (κ2) is 8.74. The summed E-state index contributed by atoms with van der Waals surface area (Å²) in [6.45, 7) is 6.41. The first-order valence-electron chi connectivity index (χ1n) is 7.06. The Kier molecular flexibility index (Phi) is 7.32. The Labute approximate surface area is 125 Å². The van der Waals surface area contributed by atoms with Gasteiger partial charge in [-0.25, -0.2) is 4.39 Å². The van der Waals surface area contributed by atoms with E-state index in [1.807, 2.05) is 4.90 Å². The van der Waals surface area contributed by atoms with Crippen molar-refractivity contribution in [2.75, 3.05) is 40.5 Å². The number of halogens is 1. The van der Waals surface area contributed by atoms with Gasteiger partial charge in [-0.1, -0.05) is 13.8 Å². The molecule has 0 heterocycles. The van der Waals surface area contributed by atoms with Crippen LogP contribution < -0.4 is 4.74 Å². The number of rotatable bonds is 9. The van der Waals surface area contributed by atoms with Crippen LogP contribution >= 0.6 is 0 Å². The van der Waals surface area contributed by atoms with Crippen molar-refractivity contribution < 1.29 is 18.7 Å². The van der Waals surface area contributed by atoms with E-state index in [2.05, 4.69) is 13.8 Å². The fourth-order valence-corrected chi connectivity index (χ4v) is 2.16. The molecule has 0 atom stereocenters. The maximum atomic E-state index is 13.4. The highest BCUT2D eigenvalue weighted by Crippen LogP contribution is 2.20. The zero-order valence-electron chi connectivity index (χ0n) is 13.2. The second-order valence-electron chi connectivity index (χ2n) is 5.39. The van der Waals surface area contributed by atoms with Crippen LogP contribution in [0.1, 0.15) is 24.2 Å². The van der Waals surface area contributed by atoms with Gasteiger partial charge in [-0.2, -0.15) is 0 Å². The number of hydrogen-bond acceptors (Lipinski definition) is 4. The van der Waals surface area contributed by atoms with Crippen LogP contribution in [0.15, 0.2) is 18.2 Å². The smallest absolute Gasteiger partial charge is 0.180 e. The van der Waals surface area contributed by atoms with Crippen molar-refractivity contribution in [3.63, 3.8) is 0 Å². The number of carbonyl (C=O) groups is 1. The molecule has 0 N–H and O–H groups in total. The van der Waals surface area contributed by atoms with Gasteiger partial charge in [0.2, 0.25) is 0 Å². The lowest BCUT2D eigenvalue weighted by Gasteiger charge is -2.23. The number of benzene rings is 1. The van der Waals surface area contributed by atoms with E-state index in [1.54, 1.807) is 7.11 Å². The van der Waals surface area contributed by atoms with Gasteiger partial charge >= 0.3 is 0 Å². The van der Waals surface area contributed by atoms with Gasteiger partial charge in [0.1, 0.15) is 11.6 Å². The summed E-state index contributed by atoms with van der Waals surface area (Å²) in [5, 5.41) is 0. The summed E-state index contributed by atoms with van der Waals surface area (Å²) in [5.41, 5.74) is 0.281. The van der Waals surface area contributed by atoms with E-state index in [9.17, 15) is 9.18 Å². The highest BCUT2D eigenvalue weighted by atomic mass is 19.1. The molecule has 0 fully saturated rings. The molecular weight excluding hydrogens is 273 g/mol. The lowest BCUT2D eigenvalue weighted by molar-refractivity contribution is 0.0878. The van der Waals surface area contributed by atoms with Gasteiger partial charge in [0.05, 0.1) is 25.8 Å². The Hall–Kier alpha value is -1.46. The average molecular weight is 297 g/mol. The molecule has 1 rings (SSSR count). The predicted molar refractivity (Wildman–Crippen MR) is 80.4 cm³/mol. The molecule has 0 aliphatic heterocycles. The van der Waals surface area contributed by atoms with E-state index in [0.717, 1.165) is 6.54 Å². The normalized spacial score (nSPS) is 11.2. The summed E-state index contributed by atoms with van der Waals surface area (Å²) in [7, 11) is 3.10. The molecule has 0 bridgehead atoms. The summed E-state index contributed by atoms with van der Waals surface area (Å²) < 4.78 is 23.6. The molecule has 0 amide bonds. The average Bonchev–Trinajstić information content (AvgIpc) is 2.44. The number of ether oxygens (including phenoxy) is 2. The third-order valence-corrected chi connectivity index (χ3v) is 3.06. The van der Waals surface area contributed by atoms with Crippen molar-refractivity contribution in [2.24, 2.45) is 5.92 Å². The molecule has 0 aliphatic carbocycles. The summed E-state index contributed by atoms with van der Waals surface area (Å²) in [5.74, 6) is 0.247. The molecule has 0 saturated heterocycles. The fraction of sp³-hybridized carbons (Fsp3) is 0.562. The van der Waals surface area contributed by atoms with Gasteiger partial charge in [0.25, 0.3) is 0 Å². The SMILES string of the molecule is COCCN(CC(=O)c1cc(F)ccc1OC)CC(C)C. The predicted octanol–water partition coefficient (Wildman–Crippen LogP) is 2.62. The monoisotopic (exact) mass is 297 g/mol. The largest absolute Gasteiger partial charge is 0.496 e. The van der Waals surface area contributed by atoms with Crippen LogP contribution in [0.3, 0.4) is 0 Å². The van der Waals surface area contributed by atoms with Crippen LogP contribution in [0.2, 0.25) is 0 Å². The molecule has 118 valence electrons. The Morgan fingerprint density at radius 2 is 2.05 bits per heavy atom. The molecule has 1 aromatic carbocycles. The van der Waals surface area contributed by atoms with Gasteiger partial charge in [0, 0.05) is 20.2 Å². The Balaban J connectivity index is 2.82. The van der Waals surface area contributed by atoms with Crippen LogP contribution in [0.25, 0.3) is 0 Å². The summed E-state index contributed by atoms with van der Waals surface area (Å²) in [6, 6.07) is 3.99. The van der Waals surface area contributed by atoms with E-state index in [4.69, 9.17) is 9.47 Å². The fourth-order valence-electron chi connectivity index (χ4n) is 2.16. The van der Waals surface area contributed by atoms with E-state index in [1.165, 1.54) is 25.3 Å². The number of carbonyl (C=O) groups excluding carboxylic acids is 1. The van der Waals surface area contributed by atoms with Crippen LogP contribution in [0, 0.1) is 11.7 Å². The molecule has 0 radical (unpaired) electrons. The molecular formula is C16H24FNO3. The van der Waals surface area contributed by atoms with Gasteiger partial charge in [0.15, 0.2) is 5.78 Å². The molecule has 0 aromatic heterocycles. The Bertz CT molecular complexity index is 463. The summed E-state index contributed by atoms with van der Waals surface area (Å²) in [6.07, 6.45) is 0. The summed E-state index contributed by atoms with van der Waals surface area (Å²) in [4.78, 5) is 14.4. The number of Topliss-reactive ketones (excluding diaryl/α,β-unsaturated/α-hetero) is 1. The van der Waals surface area contributed by atoms with Crippen LogP contribution in [-0.4, -0.2) is 51.1 Å². The minimum atomic E-state index is -0.438. The van der Waals surface area contributed by atoms with E-state index >= 15 is 0 Å². The molecule has 21 heavy (non-hydrogen) atoms. The van der Waals surface area contributed by atoms with Crippen molar-refractivity contribution in [2.45, 2.75) is 13.8 Å². The minimum absolute atomic E-state index is 0.150. The maximum absolute atomic E-state index is 13.4. The number of methoxy groups -OCH3 is 2. The standard InChI is InChI=1S/C16H24FNO3/c1-12(2)10-18(7-8-20-3)11-15(19)14-9-13(17)5-6-16(14)21-4/h5-6,9,12H,7-8,10-11H2,1-4H3. The van der Waals surface area contributed by atoms with Crippen LogP contribution in [0.5, 0.6) is 5.75 Å². The van der Waals surface area contributed by atoms with E-state index in [-0.39, 0.29) is 17.9 Å². The van der Waals surface area contributed by atoms with Crippen molar-refractivity contribution in [3.05, 3.63) is 29.6 Å². The topological polar surface area (TPSA) is 38.8 Å². The van der Waals surface area contributed by atoms with Gasteiger partial charge in [-0.3, -0.25) is 9.69 Å². The molecule has 0 aliphatic rings. The maximum Gasteiger partial charge on any atom is 0.180 e. The number of ketones is 1. The minimum Gasteiger partial charge on any atom is -0.496 e. The Morgan fingerprint density at radius 3 is 2.62 bits per heavy atom. The lowest BCUT2D eigenvalue weighted by atomic mass is 10.1. The zero-order chi connectivity index (χ0) is 15.8. The first kappa shape index (κ1) is 17.6. The molecule has 0 saturated carbocycles. The van der Waals surface area contributed by atoms with E-state index < -0.39 is 5.82 Å². The van der Waals surface area contributed by atoms with E-state index in [0.29, 0.717) is 24.8 Å². The van der Waals surface area contributed by atoms with Gasteiger partial charge < -0.3 is 9.47 Å².